The predicted octanol–water partition coefficient (Wildman–Crippen LogP) is 3.70. The van der Waals surface area contributed by atoms with E-state index in [9.17, 15) is 23.2 Å². The Kier molecular flexibility index (Phi) is 5.91. The molecule has 0 radical (unpaired) electrons. The van der Waals surface area contributed by atoms with Crippen LogP contribution in [0.25, 0.3) is 0 Å². The number of amides is 2. The second-order valence-electron chi connectivity index (χ2n) is 6.68. The highest BCUT2D eigenvalue weighted by Crippen LogP contribution is 2.35. The third-order valence-corrected chi connectivity index (χ3v) is 4.50. The highest BCUT2D eigenvalue weighted by Gasteiger charge is 2.33. The normalized spacial score (nSPS) is 15.5. The van der Waals surface area contributed by atoms with E-state index in [0.29, 0.717) is 24.2 Å². The topological polar surface area (TPSA) is 75.7 Å². The number of para-hydroxylation sites is 1. The minimum atomic E-state index is -0.923. The zero-order chi connectivity index (χ0) is 21.1. The number of fused-ring (bicyclic) bond motifs is 1. The molecule has 0 saturated heterocycles. The van der Waals surface area contributed by atoms with Crippen LogP contribution in [0.4, 0.5) is 20.2 Å². The van der Waals surface area contributed by atoms with E-state index < -0.39 is 41.8 Å². The lowest BCUT2D eigenvalue weighted by Crippen LogP contribution is -2.47. The Morgan fingerprint density at radius 3 is 2.52 bits per heavy atom. The van der Waals surface area contributed by atoms with E-state index in [1.54, 1.807) is 12.1 Å². The smallest absolute Gasteiger partial charge is 0.268 e. The van der Waals surface area contributed by atoms with Gasteiger partial charge in [0, 0.05) is 12.0 Å². The second kappa shape index (κ2) is 8.38. The number of Topliss-reactive ketones (excluding diaryl/α,β-unsaturated/α-hetero) is 1. The van der Waals surface area contributed by atoms with E-state index in [2.05, 4.69) is 5.32 Å². The Balaban J connectivity index is 1.88. The lowest BCUT2D eigenvalue weighted by atomic mass is 10.0. The summed E-state index contributed by atoms with van der Waals surface area (Å²) in [6.45, 7) is 2.92. The SMILES string of the molecule is CCCC(=O)c1ccc2c(c1)N(CC(=O)Nc1c(F)cccc1F)C(=O)C(C)O2. The fourth-order valence-electron chi connectivity index (χ4n) is 3.05. The van der Waals surface area contributed by atoms with Crippen molar-refractivity contribution in [1.82, 2.24) is 0 Å². The molecule has 0 spiro atoms. The number of halogens is 2. The van der Waals surface area contributed by atoms with Crippen molar-refractivity contribution < 1.29 is 27.9 Å². The van der Waals surface area contributed by atoms with E-state index in [-0.39, 0.29) is 11.5 Å². The van der Waals surface area contributed by atoms with Crippen LogP contribution in [-0.2, 0) is 9.59 Å². The van der Waals surface area contributed by atoms with Crippen molar-refractivity contribution in [3.05, 3.63) is 53.6 Å². The number of nitrogens with zero attached hydrogens (tertiary/aromatic N) is 1. The zero-order valence-electron chi connectivity index (χ0n) is 16.0. The van der Waals surface area contributed by atoms with Gasteiger partial charge < -0.3 is 10.1 Å². The van der Waals surface area contributed by atoms with Crippen LogP contribution in [0.1, 0.15) is 37.0 Å². The molecule has 6 nitrogen and oxygen atoms in total. The largest absolute Gasteiger partial charge is 0.479 e. The molecule has 1 atom stereocenters. The van der Waals surface area contributed by atoms with Crippen molar-refractivity contribution in [3.63, 3.8) is 0 Å². The fraction of sp³-hybridized carbons (Fsp3) is 0.286. The molecular weight excluding hydrogens is 382 g/mol. The first-order valence-electron chi connectivity index (χ1n) is 9.21. The maximum atomic E-state index is 13.8. The lowest BCUT2D eigenvalue weighted by Gasteiger charge is -2.32. The molecule has 2 amide bonds. The average molecular weight is 402 g/mol. The summed E-state index contributed by atoms with van der Waals surface area (Å²) in [6.07, 6.45) is 0.164. The molecule has 0 fully saturated rings. The summed E-state index contributed by atoms with van der Waals surface area (Å²) in [5, 5.41) is 2.16. The Morgan fingerprint density at radius 2 is 1.86 bits per heavy atom. The van der Waals surface area contributed by atoms with Crippen LogP contribution in [0.3, 0.4) is 0 Å². The number of ether oxygens (including phenoxy) is 1. The maximum Gasteiger partial charge on any atom is 0.268 e. The molecule has 3 rings (SSSR count). The molecule has 8 heteroatoms. The lowest BCUT2D eigenvalue weighted by molar-refractivity contribution is -0.127. The van der Waals surface area contributed by atoms with Gasteiger partial charge in [-0.3, -0.25) is 19.3 Å². The molecule has 1 N–H and O–H groups in total. The van der Waals surface area contributed by atoms with E-state index in [1.165, 1.54) is 19.1 Å². The van der Waals surface area contributed by atoms with Gasteiger partial charge >= 0.3 is 0 Å². The predicted molar refractivity (Wildman–Crippen MR) is 103 cm³/mol. The fourth-order valence-corrected chi connectivity index (χ4v) is 3.05. The molecule has 1 unspecified atom stereocenters. The molecule has 0 aromatic heterocycles. The monoisotopic (exact) mass is 402 g/mol. The van der Waals surface area contributed by atoms with Crippen molar-refractivity contribution in [2.24, 2.45) is 0 Å². The first-order chi connectivity index (χ1) is 13.8. The molecule has 0 saturated carbocycles. The summed E-state index contributed by atoms with van der Waals surface area (Å²) in [6, 6.07) is 7.88. The molecule has 0 bridgehead atoms. The standard InChI is InChI=1S/C21H20F2N2O4/c1-3-5-17(26)13-8-9-18-16(10-13)25(21(28)12(2)29-18)11-19(27)24-20-14(22)6-4-7-15(20)23/h4,6-10,12H,3,5,11H2,1-2H3,(H,24,27). The highest BCUT2D eigenvalue weighted by atomic mass is 19.1. The number of nitrogens with one attached hydrogen (secondary N) is 1. The van der Waals surface area contributed by atoms with Crippen LogP contribution in [0, 0.1) is 11.6 Å². The first kappa shape index (κ1) is 20.4. The minimum Gasteiger partial charge on any atom is -0.479 e. The molecule has 29 heavy (non-hydrogen) atoms. The number of benzene rings is 2. The number of carbonyl (C=O) groups is 3. The van der Waals surface area contributed by atoms with Gasteiger partial charge in [0.05, 0.1) is 5.69 Å². The van der Waals surface area contributed by atoms with Gasteiger partial charge in [-0.2, -0.15) is 0 Å². The third-order valence-electron chi connectivity index (χ3n) is 4.50. The average Bonchev–Trinajstić information content (AvgIpc) is 2.68. The van der Waals surface area contributed by atoms with Crippen molar-refractivity contribution in [2.75, 3.05) is 16.8 Å². The van der Waals surface area contributed by atoms with Gasteiger partial charge in [-0.05, 0) is 43.7 Å². The van der Waals surface area contributed by atoms with E-state index in [1.807, 2.05) is 6.92 Å². The number of ketones is 1. The number of hydrogen-bond acceptors (Lipinski definition) is 4. The number of carbonyl (C=O) groups excluding carboxylic acids is 3. The van der Waals surface area contributed by atoms with Crippen LogP contribution in [-0.4, -0.2) is 30.2 Å². The quantitative estimate of drug-likeness (QED) is 0.748. The van der Waals surface area contributed by atoms with Gasteiger partial charge in [0.25, 0.3) is 5.91 Å². The zero-order valence-corrected chi connectivity index (χ0v) is 16.0. The summed E-state index contributed by atoms with van der Waals surface area (Å²) >= 11 is 0. The van der Waals surface area contributed by atoms with Gasteiger partial charge in [-0.15, -0.1) is 0 Å². The van der Waals surface area contributed by atoms with Crippen LogP contribution in [0.2, 0.25) is 0 Å². The third kappa shape index (κ3) is 4.26. The molecule has 152 valence electrons. The summed E-state index contributed by atoms with van der Waals surface area (Å²) in [7, 11) is 0. The molecule has 1 aliphatic heterocycles. The molecule has 2 aromatic rings. The number of anilines is 2. The van der Waals surface area contributed by atoms with Crippen molar-refractivity contribution >= 4 is 29.0 Å². The Hall–Kier alpha value is -3.29. The Labute approximate surface area is 166 Å². The molecule has 1 heterocycles. The highest BCUT2D eigenvalue weighted by molar-refractivity contribution is 6.07. The van der Waals surface area contributed by atoms with Crippen LogP contribution >= 0.6 is 0 Å². The van der Waals surface area contributed by atoms with Crippen LogP contribution in [0.15, 0.2) is 36.4 Å². The molecular formula is C21H20F2N2O4. The number of rotatable bonds is 6. The van der Waals surface area contributed by atoms with Gasteiger partial charge in [0.15, 0.2) is 11.9 Å². The van der Waals surface area contributed by atoms with E-state index in [4.69, 9.17) is 4.74 Å². The Morgan fingerprint density at radius 1 is 1.17 bits per heavy atom. The van der Waals surface area contributed by atoms with Gasteiger partial charge in [-0.25, -0.2) is 8.78 Å². The second-order valence-corrected chi connectivity index (χ2v) is 6.68. The van der Waals surface area contributed by atoms with Crippen molar-refractivity contribution in [2.45, 2.75) is 32.8 Å². The first-order valence-corrected chi connectivity index (χ1v) is 9.21. The van der Waals surface area contributed by atoms with Crippen molar-refractivity contribution in [3.8, 4) is 5.75 Å². The summed E-state index contributed by atoms with van der Waals surface area (Å²) in [4.78, 5) is 38.4. The van der Waals surface area contributed by atoms with E-state index in [0.717, 1.165) is 17.0 Å². The summed E-state index contributed by atoms with van der Waals surface area (Å²) < 4.78 is 33.1. The summed E-state index contributed by atoms with van der Waals surface area (Å²) in [5.41, 5.74) is 0.0691. The van der Waals surface area contributed by atoms with Crippen molar-refractivity contribution in [1.29, 1.82) is 0 Å². The molecule has 0 aliphatic carbocycles. The molecule has 1 aliphatic rings. The maximum absolute atomic E-state index is 13.8. The number of hydrogen-bond donors (Lipinski definition) is 1. The van der Waals surface area contributed by atoms with E-state index >= 15 is 0 Å². The summed E-state index contributed by atoms with van der Waals surface area (Å²) in [5.74, 6) is -2.88. The van der Waals surface area contributed by atoms with Gasteiger partial charge in [0.2, 0.25) is 5.91 Å². The Bertz CT molecular complexity index is 957. The van der Waals surface area contributed by atoms with Crippen LogP contribution < -0.4 is 15.0 Å². The minimum absolute atomic E-state index is 0.0980. The van der Waals surface area contributed by atoms with Gasteiger partial charge in [0.1, 0.15) is 29.6 Å². The van der Waals surface area contributed by atoms with Gasteiger partial charge in [-0.1, -0.05) is 13.0 Å². The molecule has 2 aromatic carbocycles. The van der Waals surface area contributed by atoms with Crippen LogP contribution in [0.5, 0.6) is 5.75 Å².